The predicted octanol–water partition coefficient (Wildman–Crippen LogP) is 0.866. The molecule has 0 amide bonds. The maximum Gasteiger partial charge on any atom is 0.332 e. The van der Waals surface area contributed by atoms with Crippen molar-refractivity contribution in [3.63, 3.8) is 0 Å². The van der Waals surface area contributed by atoms with Gasteiger partial charge in [0.05, 0.1) is 20.3 Å². The maximum atomic E-state index is 10.2. The van der Waals surface area contributed by atoms with E-state index in [0.717, 1.165) is 0 Å². The van der Waals surface area contributed by atoms with Gasteiger partial charge in [0.15, 0.2) is 5.79 Å². The summed E-state index contributed by atoms with van der Waals surface area (Å²) >= 11 is 0. The molecular weight excluding hydrogens is 212 g/mol. The highest BCUT2D eigenvalue weighted by molar-refractivity contribution is 5.86. The van der Waals surface area contributed by atoms with Crippen molar-refractivity contribution in [2.24, 2.45) is 0 Å². The Hall–Kier alpha value is -0.910. The highest BCUT2D eigenvalue weighted by Gasteiger charge is 2.31. The molecule has 94 valence electrons. The van der Waals surface area contributed by atoms with Gasteiger partial charge in [0.1, 0.15) is 6.10 Å². The fourth-order valence-electron chi connectivity index (χ4n) is 1.03. The van der Waals surface area contributed by atoms with E-state index in [1.54, 1.807) is 6.92 Å². The average Bonchev–Trinajstić information content (AvgIpc) is 2.57. The Kier molecular flexibility index (Phi) is 6.25. The van der Waals surface area contributed by atoms with Gasteiger partial charge in [0.25, 0.3) is 0 Å². The third kappa shape index (κ3) is 5.85. The number of ether oxygens (including phenoxy) is 3. The number of aliphatic hydroxyl groups is 1. The van der Waals surface area contributed by atoms with Crippen LogP contribution in [0, 0.1) is 0 Å². The third-order valence-corrected chi connectivity index (χ3v) is 1.80. The largest absolute Gasteiger partial charge is 0.466 e. The molecule has 0 aromatic rings. The highest BCUT2D eigenvalue weighted by Crippen LogP contribution is 2.21. The zero-order valence-electron chi connectivity index (χ0n) is 10.3. The van der Waals surface area contributed by atoms with Crippen molar-refractivity contribution in [3.8, 4) is 0 Å². The van der Waals surface area contributed by atoms with E-state index in [9.17, 15) is 4.79 Å². The van der Waals surface area contributed by atoms with Crippen LogP contribution in [0.3, 0.4) is 0 Å². The van der Waals surface area contributed by atoms with Gasteiger partial charge in [-0.2, -0.15) is 0 Å². The fraction of sp³-hybridized carbons (Fsp3) is 0.727. The molecule has 0 aromatic carbocycles. The normalized spacial score (nSPS) is 21.9. The van der Waals surface area contributed by atoms with E-state index in [1.165, 1.54) is 7.11 Å². The summed E-state index contributed by atoms with van der Waals surface area (Å²) in [6.07, 6.45) is -0.125. The summed E-state index contributed by atoms with van der Waals surface area (Å²) in [4.78, 5) is 10.2. The molecule has 1 aliphatic rings. The van der Waals surface area contributed by atoms with Gasteiger partial charge in [-0.15, -0.1) is 0 Å². The van der Waals surface area contributed by atoms with Crippen molar-refractivity contribution in [1.82, 2.24) is 0 Å². The van der Waals surface area contributed by atoms with E-state index in [1.807, 2.05) is 13.8 Å². The fourth-order valence-corrected chi connectivity index (χ4v) is 1.03. The van der Waals surface area contributed by atoms with Crippen LogP contribution >= 0.6 is 0 Å². The summed E-state index contributed by atoms with van der Waals surface area (Å²) in [7, 11) is 1.33. The highest BCUT2D eigenvalue weighted by atomic mass is 16.7. The molecular formula is C11H20O5. The second-order valence-electron chi connectivity index (χ2n) is 3.91. The Morgan fingerprint density at radius 1 is 1.62 bits per heavy atom. The number of methoxy groups -OCH3 is 1. The first-order chi connectivity index (χ1) is 7.32. The predicted molar refractivity (Wildman–Crippen MR) is 58.8 cm³/mol. The maximum absolute atomic E-state index is 10.2. The Bertz CT molecular complexity index is 247. The van der Waals surface area contributed by atoms with Crippen LogP contribution in [0.2, 0.25) is 0 Å². The van der Waals surface area contributed by atoms with Crippen molar-refractivity contribution in [2.45, 2.75) is 32.7 Å². The lowest BCUT2D eigenvalue weighted by atomic mass is 10.4. The first-order valence-corrected chi connectivity index (χ1v) is 4.99. The summed E-state index contributed by atoms with van der Waals surface area (Å²) in [6.45, 7) is 9.17. The molecule has 1 fully saturated rings. The summed E-state index contributed by atoms with van der Waals surface area (Å²) in [5.74, 6) is -0.840. The van der Waals surface area contributed by atoms with Crippen LogP contribution < -0.4 is 0 Å². The molecule has 0 radical (unpaired) electrons. The Morgan fingerprint density at radius 3 is 2.31 bits per heavy atom. The van der Waals surface area contributed by atoms with Crippen molar-refractivity contribution in [1.29, 1.82) is 0 Å². The molecule has 1 unspecified atom stereocenters. The molecule has 1 saturated heterocycles. The number of aliphatic hydroxyl groups excluding tert-OH is 1. The quantitative estimate of drug-likeness (QED) is 0.565. The molecule has 0 spiro atoms. The van der Waals surface area contributed by atoms with E-state index >= 15 is 0 Å². The van der Waals surface area contributed by atoms with Crippen LogP contribution in [0.25, 0.3) is 0 Å². The van der Waals surface area contributed by atoms with Crippen LogP contribution in [0.15, 0.2) is 12.2 Å². The molecule has 0 aliphatic carbocycles. The summed E-state index contributed by atoms with van der Waals surface area (Å²) < 4.78 is 14.7. The molecule has 0 aromatic heterocycles. The zero-order chi connectivity index (χ0) is 12.8. The van der Waals surface area contributed by atoms with E-state index in [-0.39, 0.29) is 18.7 Å². The Balaban J connectivity index is 0.000000293. The number of hydrogen-bond acceptors (Lipinski definition) is 5. The van der Waals surface area contributed by atoms with Gasteiger partial charge in [0.2, 0.25) is 0 Å². The molecule has 1 heterocycles. The van der Waals surface area contributed by atoms with Gasteiger partial charge in [-0.3, -0.25) is 0 Å². The minimum absolute atomic E-state index is 0.0451. The molecule has 5 nitrogen and oxygen atoms in total. The van der Waals surface area contributed by atoms with Crippen molar-refractivity contribution in [3.05, 3.63) is 12.2 Å². The summed E-state index contributed by atoms with van der Waals surface area (Å²) in [5.41, 5.74) is 0.433. The van der Waals surface area contributed by atoms with Gasteiger partial charge < -0.3 is 19.3 Å². The first-order valence-electron chi connectivity index (χ1n) is 4.99. The molecule has 0 bridgehead atoms. The van der Waals surface area contributed by atoms with E-state index in [2.05, 4.69) is 11.3 Å². The number of carbonyl (C=O) groups excluding carboxylic acids is 1. The van der Waals surface area contributed by atoms with E-state index in [0.29, 0.717) is 12.2 Å². The van der Waals surface area contributed by atoms with Gasteiger partial charge in [-0.1, -0.05) is 6.58 Å². The van der Waals surface area contributed by atoms with Crippen LogP contribution in [0.5, 0.6) is 0 Å². The molecule has 5 heteroatoms. The number of carbonyl (C=O) groups is 1. The molecule has 1 N–H and O–H groups in total. The van der Waals surface area contributed by atoms with Crippen molar-refractivity contribution < 1.29 is 24.1 Å². The summed E-state index contributed by atoms with van der Waals surface area (Å²) in [5, 5.41) is 8.59. The Labute approximate surface area is 96.0 Å². The minimum Gasteiger partial charge on any atom is -0.466 e. The van der Waals surface area contributed by atoms with Crippen molar-refractivity contribution >= 4 is 5.97 Å². The molecule has 16 heavy (non-hydrogen) atoms. The molecule has 0 saturated carbocycles. The van der Waals surface area contributed by atoms with Gasteiger partial charge in [-0.25, -0.2) is 4.79 Å². The number of esters is 1. The Morgan fingerprint density at radius 2 is 2.19 bits per heavy atom. The topological polar surface area (TPSA) is 65.0 Å². The van der Waals surface area contributed by atoms with Crippen LogP contribution in [-0.2, 0) is 19.0 Å². The van der Waals surface area contributed by atoms with E-state index < -0.39 is 5.79 Å². The average molecular weight is 232 g/mol. The lowest BCUT2D eigenvalue weighted by molar-refractivity contribution is -0.142. The van der Waals surface area contributed by atoms with Crippen LogP contribution in [0.4, 0.5) is 0 Å². The van der Waals surface area contributed by atoms with Crippen molar-refractivity contribution in [2.75, 3.05) is 20.3 Å². The second kappa shape index (κ2) is 6.62. The zero-order valence-corrected chi connectivity index (χ0v) is 10.3. The first kappa shape index (κ1) is 15.1. The lowest BCUT2D eigenvalue weighted by Gasteiger charge is -2.15. The summed E-state index contributed by atoms with van der Waals surface area (Å²) in [6, 6.07) is 0. The standard InChI is InChI=1S/C6H12O3.C5H8O2/c1-6(2)8-4-5(3-7)9-6;1-4(2)5(6)7-3/h5,7H,3-4H2,1-2H3;1H2,2-3H3. The van der Waals surface area contributed by atoms with Crippen LogP contribution in [-0.4, -0.2) is 43.3 Å². The minimum atomic E-state index is -0.493. The van der Waals surface area contributed by atoms with E-state index in [4.69, 9.17) is 14.6 Å². The molecule has 1 aliphatic heterocycles. The monoisotopic (exact) mass is 232 g/mol. The SMILES string of the molecule is C=C(C)C(=O)OC.CC1(C)OCC(CO)O1. The molecule has 1 atom stereocenters. The van der Waals surface area contributed by atoms with Gasteiger partial charge in [0, 0.05) is 5.57 Å². The lowest BCUT2D eigenvalue weighted by Crippen LogP contribution is -2.22. The third-order valence-electron chi connectivity index (χ3n) is 1.80. The smallest absolute Gasteiger partial charge is 0.332 e. The second-order valence-corrected chi connectivity index (χ2v) is 3.91. The van der Waals surface area contributed by atoms with Gasteiger partial charge >= 0.3 is 5.97 Å². The number of rotatable bonds is 2. The van der Waals surface area contributed by atoms with Crippen LogP contribution in [0.1, 0.15) is 20.8 Å². The van der Waals surface area contributed by atoms with Gasteiger partial charge in [-0.05, 0) is 20.8 Å². The number of hydrogen-bond donors (Lipinski definition) is 1. The molecule has 1 rings (SSSR count).